The van der Waals surface area contributed by atoms with Crippen LogP contribution in [0.4, 0.5) is 0 Å². The molecule has 6 nitrogen and oxygen atoms in total. The lowest BCUT2D eigenvalue weighted by Gasteiger charge is -2.30. The summed E-state index contributed by atoms with van der Waals surface area (Å²) in [4.78, 5) is 12.6. The van der Waals surface area contributed by atoms with Crippen molar-refractivity contribution < 1.29 is 23.1 Å². The molecule has 0 aromatic carbocycles. The molecule has 1 fully saturated rings. The van der Waals surface area contributed by atoms with Crippen molar-refractivity contribution in [2.24, 2.45) is 0 Å². The van der Waals surface area contributed by atoms with Gasteiger partial charge in [0.15, 0.2) is 6.10 Å². The van der Waals surface area contributed by atoms with E-state index in [9.17, 15) is 13.2 Å². The number of hydrogen-bond donors (Lipinski definition) is 1. The second kappa shape index (κ2) is 5.60. The molecule has 0 amide bonds. The fourth-order valence-corrected chi connectivity index (χ4v) is 2.26. The molecular formula is C9H17NO5S. The molecule has 1 unspecified atom stereocenters. The van der Waals surface area contributed by atoms with Gasteiger partial charge in [0.1, 0.15) is 9.84 Å². The Balaban J connectivity index is 2.30. The molecule has 1 aliphatic heterocycles. The molecular weight excluding hydrogens is 234 g/mol. The predicted octanol–water partition coefficient (Wildman–Crippen LogP) is -0.793. The number of carboxylic acids is 1. The first-order chi connectivity index (χ1) is 7.38. The van der Waals surface area contributed by atoms with Gasteiger partial charge in [0.25, 0.3) is 0 Å². The Kier molecular flexibility index (Phi) is 4.69. The van der Waals surface area contributed by atoms with Crippen LogP contribution in [0.25, 0.3) is 0 Å². The van der Waals surface area contributed by atoms with Gasteiger partial charge in [-0.2, -0.15) is 0 Å². The molecule has 0 aromatic heterocycles. The largest absolute Gasteiger partial charge is 0.479 e. The molecule has 0 aliphatic carbocycles. The Bertz CT molecular complexity index is 340. The van der Waals surface area contributed by atoms with Gasteiger partial charge < -0.3 is 9.84 Å². The summed E-state index contributed by atoms with van der Waals surface area (Å²) in [5, 5.41) is 8.76. The summed E-state index contributed by atoms with van der Waals surface area (Å²) in [6.45, 7) is 1.97. The number of nitrogens with zero attached hydrogens (tertiary/aromatic N) is 1. The van der Waals surface area contributed by atoms with E-state index < -0.39 is 21.9 Å². The fourth-order valence-electron chi connectivity index (χ4n) is 1.61. The van der Waals surface area contributed by atoms with Gasteiger partial charge in [-0.25, -0.2) is 13.2 Å². The van der Waals surface area contributed by atoms with Gasteiger partial charge in [0.2, 0.25) is 0 Å². The highest BCUT2D eigenvalue weighted by atomic mass is 32.2. The van der Waals surface area contributed by atoms with Gasteiger partial charge in [-0.15, -0.1) is 0 Å². The van der Waals surface area contributed by atoms with Crippen molar-refractivity contribution in [3.05, 3.63) is 0 Å². The third-order valence-electron chi connectivity index (χ3n) is 2.42. The lowest BCUT2D eigenvalue weighted by atomic mass is 10.2. The average Bonchev–Trinajstić information content (AvgIpc) is 2.16. The van der Waals surface area contributed by atoms with Gasteiger partial charge in [-0.1, -0.05) is 0 Å². The maximum atomic E-state index is 10.9. The van der Waals surface area contributed by atoms with Crippen LogP contribution in [0, 0.1) is 0 Å². The number of ether oxygens (including phenoxy) is 1. The van der Waals surface area contributed by atoms with E-state index in [4.69, 9.17) is 9.84 Å². The van der Waals surface area contributed by atoms with E-state index in [0.717, 1.165) is 0 Å². The van der Waals surface area contributed by atoms with E-state index in [1.165, 1.54) is 6.26 Å². The molecule has 7 heteroatoms. The number of aliphatic carboxylic acids is 1. The molecule has 0 bridgehead atoms. The van der Waals surface area contributed by atoms with E-state index in [-0.39, 0.29) is 5.75 Å². The Morgan fingerprint density at radius 2 is 2.25 bits per heavy atom. The van der Waals surface area contributed by atoms with Crippen molar-refractivity contribution in [1.82, 2.24) is 4.90 Å². The van der Waals surface area contributed by atoms with Gasteiger partial charge in [0, 0.05) is 19.3 Å². The van der Waals surface area contributed by atoms with Gasteiger partial charge >= 0.3 is 5.97 Å². The van der Waals surface area contributed by atoms with E-state index in [1.54, 1.807) is 0 Å². The summed E-state index contributed by atoms with van der Waals surface area (Å²) in [5.41, 5.74) is 0. The van der Waals surface area contributed by atoms with Gasteiger partial charge in [0.05, 0.1) is 12.4 Å². The summed E-state index contributed by atoms with van der Waals surface area (Å²) in [6, 6.07) is 0. The lowest BCUT2D eigenvalue weighted by molar-refractivity contribution is -0.156. The molecule has 1 heterocycles. The molecule has 0 spiro atoms. The zero-order chi connectivity index (χ0) is 12.2. The zero-order valence-electron chi connectivity index (χ0n) is 9.26. The van der Waals surface area contributed by atoms with Gasteiger partial charge in [-0.05, 0) is 13.0 Å². The molecule has 1 N–H and O–H groups in total. The minimum Gasteiger partial charge on any atom is -0.479 e. The molecule has 16 heavy (non-hydrogen) atoms. The fraction of sp³-hybridized carbons (Fsp3) is 0.889. The molecule has 1 atom stereocenters. The van der Waals surface area contributed by atoms with Crippen LogP contribution in [0.1, 0.15) is 6.42 Å². The minimum atomic E-state index is -2.93. The minimum absolute atomic E-state index is 0.141. The number of hydrogen-bond acceptors (Lipinski definition) is 5. The number of carbonyl (C=O) groups is 1. The smallest absolute Gasteiger partial charge is 0.334 e. The Labute approximate surface area is 95.1 Å². The maximum absolute atomic E-state index is 10.9. The van der Waals surface area contributed by atoms with E-state index in [1.807, 2.05) is 4.90 Å². The molecule has 0 aromatic rings. The van der Waals surface area contributed by atoms with Crippen molar-refractivity contribution in [1.29, 1.82) is 0 Å². The van der Waals surface area contributed by atoms with Crippen LogP contribution in [-0.4, -0.2) is 68.7 Å². The quantitative estimate of drug-likeness (QED) is 0.689. The second-order valence-corrected chi connectivity index (χ2v) is 6.24. The summed E-state index contributed by atoms with van der Waals surface area (Å²) >= 11 is 0. The monoisotopic (exact) mass is 251 g/mol. The molecule has 1 rings (SSSR count). The normalized spacial score (nSPS) is 23.2. The molecule has 1 saturated heterocycles. The first-order valence-electron chi connectivity index (χ1n) is 5.13. The summed E-state index contributed by atoms with van der Waals surface area (Å²) < 4.78 is 26.9. The summed E-state index contributed by atoms with van der Waals surface area (Å²) in [7, 11) is -2.93. The van der Waals surface area contributed by atoms with Crippen LogP contribution >= 0.6 is 0 Å². The van der Waals surface area contributed by atoms with Gasteiger partial charge in [-0.3, -0.25) is 4.90 Å². The van der Waals surface area contributed by atoms with E-state index in [0.29, 0.717) is 32.7 Å². The number of sulfone groups is 1. The third kappa shape index (κ3) is 4.91. The standard InChI is InChI=1S/C9H17NO5S/c1-16(13,14)6-2-3-10-4-5-15-8(7-10)9(11)12/h8H,2-7H2,1H3,(H,11,12). The molecule has 0 radical (unpaired) electrons. The first-order valence-corrected chi connectivity index (χ1v) is 7.19. The third-order valence-corrected chi connectivity index (χ3v) is 3.45. The highest BCUT2D eigenvalue weighted by molar-refractivity contribution is 7.90. The topological polar surface area (TPSA) is 83.9 Å². The Hall–Kier alpha value is -0.660. The predicted molar refractivity (Wildman–Crippen MR) is 58.1 cm³/mol. The van der Waals surface area contributed by atoms with Crippen LogP contribution < -0.4 is 0 Å². The van der Waals surface area contributed by atoms with Crippen LogP contribution in [0.3, 0.4) is 0 Å². The van der Waals surface area contributed by atoms with Crippen LogP contribution in [0.5, 0.6) is 0 Å². The van der Waals surface area contributed by atoms with Crippen molar-refractivity contribution in [3.8, 4) is 0 Å². The van der Waals surface area contributed by atoms with E-state index in [2.05, 4.69) is 0 Å². The number of morpholine rings is 1. The molecule has 94 valence electrons. The number of carboxylic acid groups (broad SMARTS) is 1. The summed E-state index contributed by atoms with van der Waals surface area (Å²) in [5.74, 6) is -0.824. The SMILES string of the molecule is CS(=O)(=O)CCCN1CCOC(C(=O)O)C1. The maximum Gasteiger partial charge on any atom is 0.334 e. The van der Waals surface area contributed by atoms with Crippen LogP contribution in [-0.2, 0) is 19.4 Å². The van der Waals surface area contributed by atoms with Crippen LogP contribution in [0.15, 0.2) is 0 Å². The van der Waals surface area contributed by atoms with Crippen LogP contribution in [0.2, 0.25) is 0 Å². The highest BCUT2D eigenvalue weighted by Gasteiger charge is 2.25. The highest BCUT2D eigenvalue weighted by Crippen LogP contribution is 2.06. The number of rotatable bonds is 5. The first kappa shape index (κ1) is 13.4. The van der Waals surface area contributed by atoms with Crippen molar-refractivity contribution in [3.63, 3.8) is 0 Å². The zero-order valence-corrected chi connectivity index (χ0v) is 10.1. The van der Waals surface area contributed by atoms with E-state index >= 15 is 0 Å². The summed E-state index contributed by atoms with van der Waals surface area (Å²) in [6.07, 6.45) is 0.948. The van der Waals surface area contributed by atoms with Crippen molar-refractivity contribution in [2.45, 2.75) is 12.5 Å². The Morgan fingerprint density at radius 1 is 1.56 bits per heavy atom. The van der Waals surface area contributed by atoms with Crippen molar-refractivity contribution in [2.75, 3.05) is 38.2 Å². The van der Waals surface area contributed by atoms with Crippen molar-refractivity contribution >= 4 is 15.8 Å². The average molecular weight is 251 g/mol. The Morgan fingerprint density at radius 3 is 2.81 bits per heavy atom. The lowest BCUT2D eigenvalue weighted by Crippen LogP contribution is -2.46. The second-order valence-electron chi connectivity index (χ2n) is 3.98. The molecule has 1 aliphatic rings. The molecule has 0 saturated carbocycles.